The smallest absolute Gasteiger partial charge is 0.191 e. The van der Waals surface area contributed by atoms with Gasteiger partial charge in [0.15, 0.2) is 11.8 Å². The Morgan fingerprint density at radius 2 is 2.23 bits per heavy atom. The highest BCUT2D eigenvalue weighted by Gasteiger charge is 2.22. The molecular weight excluding hydrogens is 328 g/mol. The minimum atomic E-state index is 0.296. The van der Waals surface area contributed by atoms with Gasteiger partial charge in [-0.25, -0.2) is 9.67 Å². The minimum absolute atomic E-state index is 0.296. The lowest BCUT2D eigenvalue weighted by molar-refractivity contribution is 0.177. The Morgan fingerprint density at radius 3 is 3.00 bits per heavy atom. The molecule has 2 heterocycles. The van der Waals surface area contributed by atoms with Crippen molar-refractivity contribution in [3.8, 4) is 0 Å². The van der Waals surface area contributed by atoms with Crippen molar-refractivity contribution in [1.29, 1.82) is 0 Å². The normalized spacial score (nSPS) is 17.0. The fourth-order valence-electron chi connectivity index (χ4n) is 3.26. The minimum Gasteiger partial charge on any atom is -0.377 e. The molecular formula is C19H28N6O. The predicted molar refractivity (Wildman–Crippen MR) is 102 cm³/mol. The molecule has 1 aliphatic heterocycles. The van der Waals surface area contributed by atoms with E-state index in [0.29, 0.717) is 12.6 Å². The summed E-state index contributed by atoms with van der Waals surface area (Å²) in [5, 5.41) is 11.4. The van der Waals surface area contributed by atoms with Crippen LogP contribution in [0.3, 0.4) is 0 Å². The first-order valence-electron chi connectivity index (χ1n) is 9.13. The molecule has 3 rings (SSSR count). The molecule has 1 aromatic heterocycles. The first kappa shape index (κ1) is 18.4. The molecule has 0 saturated carbocycles. The highest BCUT2D eigenvalue weighted by atomic mass is 16.5. The Balaban J connectivity index is 1.50. The van der Waals surface area contributed by atoms with E-state index in [0.717, 1.165) is 50.0 Å². The lowest BCUT2D eigenvalue weighted by Gasteiger charge is -2.25. The van der Waals surface area contributed by atoms with Gasteiger partial charge in [0.2, 0.25) is 0 Å². The van der Waals surface area contributed by atoms with Crippen LogP contribution in [-0.2, 0) is 30.7 Å². The second-order valence-electron chi connectivity index (χ2n) is 6.61. The number of aryl methyl sites for hydroxylation is 2. The lowest BCUT2D eigenvalue weighted by Crippen LogP contribution is -2.47. The van der Waals surface area contributed by atoms with Crippen molar-refractivity contribution < 1.29 is 4.74 Å². The molecule has 0 aliphatic carbocycles. The summed E-state index contributed by atoms with van der Waals surface area (Å²) < 4.78 is 7.10. The van der Waals surface area contributed by atoms with Crippen LogP contribution in [0.4, 0.5) is 0 Å². The van der Waals surface area contributed by atoms with Crippen LogP contribution in [0.1, 0.15) is 29.2 Å². The zero-order chi connectivity index (χ0) is 18.4. The Morgan fingerprint density at radius 1 is 1.38 bits per heavy atom. The number of nitrogens with one attached hydrogen (secondary N) is 2. The summed E-state index contributed by atoms with van der Waals surface area (Å²) in [7, 11) is 3.47. The van der Waals surface area contributed by atoms with Gasteiger partial charge < -0.3 is 15.4 Å². The van der Waals surface area contributed by atoms with Gasteiger partial charge in [-0.1, -0.05) is 24.3 Å². The van der Waals surface area contributed by atoms with Crippen molar-refractivity contribution in [1.82, 2.24) is 25.4 Å². The van der Waals surface area contributed by atoms with E-state index in [1.54, 1.807) is 7.11 Å². The Labute approximate surface area is 154 Å². The van der Waals surface area contributed by atoms with Gasteiger partial charge in [0, 0.05) is 33.2 Å². The van der Waals surface area contributed by atoms with Gasteiger partial charge in [0.1, 0.15) is 12.4 Å². The highest BCUT2D eigenvalue weighted by molar-refractivity contribution is 5.79. The molecule has 0 spiro atoms. The summed E-state index contributed by atoms with van der Waals surface area (Å²) >= 11 is 0. The summed E-state index contributed by atoms with van der Waals surface area (Å²) in [6, 6.07) is 8.79. The summed E-state index contributed by atoms with van der Waals surface area (Å²) in [6.45, 7) is 4.26. The number of nitrogens with zero attached hydrogens (tertiary/aromatic N) is 4. The number of benzene rings is 1. The van der Waals surface area contributed by atoms with Gasteiger partial charge in [-0.15, -0.1) is 0 Å². The van der Waals surface area contributed by atoms with E-state index in [2.05, 4.69) is 56.9 Å². The Hall–Kier alpha value is -2.41. The molecule has 1 atom stereocenters. The van der Waals surface area contributed by atoms with E-state index in [1.165, 1.54) is 11.1 Å². The molecule has 2 N–H and O–H groups in total. The van der Waals surface area contributed by atoms with Gasteiger partial charge in [-0.3, -0.25) is 4.99 Å². The summed E-state index contributed by atoms with van der Waals surface area (Å²) in [5.41, 5.74) is 2.70. The molecule has 1 aliphatic rings. The van der Waals surface area contributed by atoms with Crippen molar-refractivity contribution in [3.05, 3.63) is 47.0 Å². The fraction of sp³-hybridized carbons (Fsp3) is 0.526. The number of guanidine groups is 1. The van der Waals surface area contributed by atoms with E-state index in [4.69, 9.17) is 4.74 Å². The standard InChI is InChI=1S/C19H28N6O/c1-14-6-4-5-7-15(14)10-11-21-19(20-2)22-16-8-9-18-23-17(13-26-3)24-25(18)12-16/h4-7,16H,8-13H2,1-3H3,(H2,20,21,22). The summed E-state index contributed by atoms with van der Waals surface area (Å²) in [5.74, 6) is 2.63. The Kier molecular flexibility index (Phi) is 6.22. The van der Waals surface area contributed by atoms with E-state index >= 15 is 0 Å². The number of rotatable bonds is 6. The van der Waals surface area contributed by atoms with Gasteiger partial charge in [-0.2, -0.15) is 5.10 Å². The van der Waals surface area contributed by atoms with Crippen molar-refractivity contribution in [3.63, 3.8) is 0 Å². The van der Waals surface area contributed by atoms with Crippen molar-refractivity contribution in [2.24, 2.45) is 4.99 Å². The number of fused-ring (bicyclic) bond motifs is 1. The number of hydrogen-bond acceptors (Lipinski definition) is 4. The van der Waals surface area contributed by atoms with Crippen molar-refractivity contribution >= 4 is 5.96 Å². The van der Waals surface area contributed by atoms with Crippen LogP contribution in [0.15, 0.2) is 29.3 Å². The molecule has 0 radical (unpaired) electrons. The van der Waals surface area contributed by atoms with Crippen LogP contribution in [-0.4, -0.2) is 47.5 Å². The molecule has 2 aromatic rings. The molecule has 26 heavy (non-hydrogen) atoms. The van der Waals surface area contributed by atoms with E-state index in [-0.39, 0.29) is 0 Å². The van der Waals surface area contributed by atoms with E-state index < -0.39 is 0 Å². The van der Waals surface area contributed by atoms with Crippen LogP contribution in [0.5, 0.6) is 0 Å². The molecule has 1 unspecified atom stereocenters. The number of aromatic nitrogens is 3. The third kappa shape index (κ3) is 4.60. The average Bonchev–Trinajstić information content (AvgIpc) is 3.04. The number of methoxy groups -OCH3 is 1. The van der Waals surface area contributed by atoms with Crippen LogP contribution >= 0.6 is 0 Å². The maximum Gasteiger partial charge on any atom is 0.191 e. The number of hydrogen-bond donors (Lipinski definition) is 2. The third-order valence-electron chi connectivity index (χ3n) is 4.69. The van der Waals surface area contributed by atoms with Crippen LogP contribution in [0.2, 0.25) is 0 Å². The molecule has 1 aromatic carbocycles. The number of ether oxygens (including phenoxy) is 1. The van der Waals surface area contributed by atoms with Gasteiger partial charge in [0.25, 0.3) is 0 Å². The zero-order valence-corrected chi connectivity index (χ0v) is 15.8. The lowest BCUT2D eigenvalue weighted by atomic mass is 10.1. The first-order chi connectivity index (χ1) is 12.7. The third-order valence-corrected chi connectivity index (χ3v) is 4.69. The van der Waals surface area contributed by atoms with Gasteiger partial charge in [-0.05, 0) is 30.9 Å². The predicted octanol–water partition coefficient (Wildman–Crippen LogP) is 1.46. The van der Waals surface area contributed by atoms with E-state index in [9.17, 15) is 0 Å². The maximum atomic E-state index is 5.12. The highest BCUT2D eigenvalue weighted by Crippen LogP contribution is 2.13. The van der Waals surface area contributed by atoms with E-state index in [1.807, 2.05) is 11.7 Å². The zero-order valence-electron chi connectivity index (χ0n) is 15.8. The van der Waals surface area contributed by atoms with Crippen molar-refractivity contribution in [2.75, 3.05) is 20.7 Å². The van der Waals surface area contributed by atoms with Crippen LogP contribution in [0.25, 0.3) is 0 Å². The van der Waals surface area contributed by atoms with Crippen LogP contribution in [0, 0.1) is 6.92 Å². The average molecular weight is 356 g/mol. The second-order valence-corrected chi connectivity index (χ2v) is 6.61. The van der Waals surface area contributed by atoms with Gasteiger partial charge in [0.05, 0.1) is 6.54 Å². The topological polar surface area (TPSA) is 76.4 Å². The largest absolute Gasteiger partial charge is 0.377 e. The van der Waals surface area contributed by atoms with Gasteiger partial charge >= 0.3 is 0 Å². The fourth-order valence-corrected chi connectivity index (χ4v) is 3.26. The molecule has 140 valence electrons. The SMILES string of the molecule is CN=C(NCCc1ccccc1C)NC1CCc2nc(COC)nn2C1. The molecule has 7 heteroatoms. The Bertz CT molecular complexity index is 754. The quantitative estimate of drug-likeness (QED) is 0.605. The molecule has 0 bridgehead atoms. The summed E-state index contributed by atoms with van der Waals surface area (Å²) in [6.07, 6.45) is 2.91. The summed E-state index contributed by atoms with van der Waals surface area (Å²) in [4.78, 5) is 8.87. The molecule has 0 fully saturated rings. The number of aliphatic imine (C=N–C) groups is 1. The van der Waals surface area contributed by atoms with Crippen molar-refractivity contribution in [2.45, 2.75) is 45.4 Å². The second kappa shape index (κ2) is 8.80. The first-order valence-corrected chi connectivity index (χ1v) is 9.13. The molecule has 0 saturated heterocycles. The molecule has 7 nitrogen and oxygen atoms in total. The monoisotopic (exact) mass is 356 g/mol. The molecule has 0 amide bonds. The maximum absolute atomic E-state index is 5.12. The van der Waals surface area contributed by atoms with Crippen LogP contribution < -0.4 is 10.6 Å².